The number of halogens is 2. The third-order valence-corrected chi connectivity index (χ3v) is 6.49. The molecule has 0 radical (unpaired) electrons. The van der Waals surface area contributed by atoms with Gasteiger partial charge in [0.25, 0.3) is 0 Å². The molecule has 2 aromatic carbocycles. The molecule has 0 saturated carbocycles. The SMILES string of the molecule is COC(=O)C1=CN(c2ccc(I)cc2)c2cc(Br)ccc2S1(=O)=O. The first kappa shape index (κ1) is 17.4. The number of hydrogen-bond acceptors (Lipinski definition) is 5. The number of anilines is 2. The summed E-state index contributed by atoms with van der Waals surface area (Å²) in [5.41, 5.74) is 1.21. The van der Waals surface area contributed by atoms with Crippen LogP contribution in [-0.2, 0) is 19.4 Å². The first-order chi connectivity index (χ1) is 11.3. The van der Waals surface area contributed by atoms with Crippen molar-refractivity contribution in [1.82, 2.24) is 0 Å². The minimum absolute atomic E-state index is 0.0622. The molecule has 8 heteroatoms. The van der Waals surface area contributed by atoms with Gasteiger partial charge < -0.3 is 9.64 Å². The number of rotatable bonds is 2. The van der Waals surface area contributed by atoms with Gasteiger partial charge in [0, 0.05) is 19.9 Å². The average molecular weight is 520 g/mol. The molecule has 0 unspecified atom stereocenters. The summed E-state index contributed by atoms with van der Waals surface area (Å²) in [5.74, 6) is -0.890. The highest BCUT2D eigenvalue weighted by atomic mass is 127. The highest BCUT2D eigenvalue weighted by Gasteiger charge is 2.36. The topological polar surface area (TPSA) is 63.7 Å². The largest absolute Gasteiger partial charge is 0.465 e. The van der Waals surface area contributed by atoms with Crippen LogP contribution in [-0.4, -0.2) is 21.5 Å². The van der Waals surface area contributed by atoms with Crippen molar-refractivity contribution < 1.29 is 17.9 Å². The second-order valence-electron chi connectivity index (χ2n) is 4.95. The summed E-state index contributed by atoms with van der Waals surface area (Å²) in [5, 5.41) is 0. The molecule has 24 heavy (non-hydrogen) atoms. The van der Waals surface area contributed by atoms with Gasteiger partial charge in [0.2, 0.25) is 9.84 Å². The van der Waals surface area contributed by atoms with Crippen molar-refractivity contribution in [1.29, 1.82) is 0 Å². The van der Waals surface area contributed by atoms with Crippen molar-refractivity contribution in [2.24, 2.45) is 0 Å². The van der Waals surface area contributed by atoms with Gasteiger partial charge in [-0.3, -0.25) is 0 Å². The quantitative estimate of drug-likeness (QED) is 0.443. The Morgan fingerprint density at radius 1 is 1.17 bits per heavy atom. The van der Waals surface area contributed by atoms with Gasteiger partial charge in [-0.25, -0.2) is 13.2 Å². The van der Waals surface area contributed by atoms with Crippen LogP contribution in [0.4, 0.5) is 11.4 Å². The van der Waals surface area contributed by atoms with Crippen LogP contribution in [0.2, 0.25) is 0 Å². The fraction of sp³-hybridized carbons (Fsp3) is 0.0625. The maximum absolute atomic E-state index is 12.7. The lowest BCUT2D eigenvalue weighted by atomic mass is 10.2. The number of nitrogens with zero attached hydrogens (tertiary/aromatic N) is 1. The van der Waals surface area contributed by atoms with E-state index in [2.05, 4.69) is 43.3 Å². The smallest absolute Gasteiger partial charge is 0.351 e. The fourth-order valence-corrected chi connectivity index (χ4v) is 4.53. The zero-order chi connectivity index (χ0) is 17.5. The minimum Gasteiger partial charge on any atom is -0.465 e. The van der Waals surface area contributed by atoms with E-state index in [1.54, 1.807) is 17.0 Å². The predicted octanol–water partition coefficient (Wildman–Crippen LogP) is 3.99. The van der Waals surface area contributed by atoms with E-state index in [1.807, 2.05) is 24.3 Å². The molecule has 2 aromatic rings. The maximum Gasteiger partial charge on any atom is 0.351 e. The lowest BCUT2D eigenvalue weighted by Gasteiger charge is -2.28. The molecule has 1 heterocycles. The van der Waals surface area contributed by atoms with Crippen molar-refractivity contribution in [2.75, 3.05) is 12.0 Å². The molecule has 0 atom stereocenters. The number of carbonyl (C=O) groups excluding carboxylic acids is 1. The number of ether oxygens (including phenoxy) is 1. The molecule has 0 fully saturated rings. The Labute approximate surface area is 161 Å². The molecule has 0 amide bonds. The first-order valence-electron chi connectivity index (χ1n) is 6.74. The summed E-state index contributed by atoms with van der Waals surface area (Å²) in [6.07, 6.45) is 1.30. The van der Waals surface area contributed by atoms with E-state index in [0.717, 1.165) is 20.8 Å². The Morgan fingerprint density at radius 3 is 2.46 bits per heavy atom. The van der Waals surface area contributed by atoms with Crippen LogP contribution in [0.15, 0.2) is 62.9 Å². The Bertz CT molecular complexity index is 955. The average Bonchev–Trinajstić information content (AvgIpc) is 2.55. The first-order valence-corrected chi connectivity index (χ1v) is 10.1. The molecular formula is C16H11BrINO4S. The molecule has 1 aliphatic rings. The predicted molar refractivity (Wildman–Crippen MR) is 103 cm³/mol. The Balaban J connectivity index is 2.28. The summed E-state index contributed by atoms with van der Waals surface area (Å²) in [7, 11) is -2.78. The molecule has 0 aromatic heterocycles. The van der Waals surface area contributed by atoms with Gasteiger partial charge in [0.15, 0.2) is 4.91 Å². The van der Waals surface area contributed by atoms with Crippen LogP contribution in [0, 0.1) is 3.57 Å². The number of fused-ring (bicyclic) bond motifs is 1. The third kappa shape index (κ3) is 2.98. The minimum atomic E-state index is -3.94. The number of benzene rings is 2. The second kappa shape index (κ2) is 6.49. The third-order valence-electron chi connectivity index (χ3n) is 3.50. The highest BCUT2D eigenvalue weighted by molar-refractivity contribution is 14.1. The summed E-state index contributed by atoms with van der Waals surface area (Å²) in [6, 6.07) is 12.3. The van der Waals surface area contributed by atoms with E-state index in [1.165, 1.54) is 12.3 Å². The van der Waals surface area contributed by atoms with E-state index in [-0.39, 0.29) is 4.90 Å². The van der Waals surface area contributed by atoms with Gasteiger partial charge >= 0.3 is 5.97 Å². The van der Waals surface area contributed by atoms with Crippen molar-refractivity contribution in [2.45, 2.75) is 4.90 Å². The summed E-state index contributed by atoms with van der Waals surface area (Å²) in [4.78, 5) is 13.3. The molecule has 3 rings (SSSR count). The van der Waals surface area contributed by atoms with Crippen molar-refractivity contribution in [3.63, 3.8) is 0 Å². The molecule has 5 nitrogen and oxygen atoms in total. The molecule has 124 valence electrons. The van der Waals surface area contributed by atoms with Gasteiger partial charge in [-0.2, -0.15) is 0 Å². The second-order valence-corrected chi connectivity index (χ2v) is 8.99. The van der Waals surface area contributed by atoms with Crippen LogP contribution in [0.25, 0.3) is 0 Å². The van der Waals surface area contributed by atoms with Crippen molar-refractivity contribution in [3.05, 3.63) is 61.6 Å². The number of esters is 1. The van der Waals surface area contributed by atoms with E-state index in [9.17, 15) is 13.2 Å². The monoisotopic (exact) mass is 519 g/mol. The fourth-order valence-electron chi connectivity index (χ4n) is 2.36. The molecular weight excluding hydrogens is 509 g/mol. The standard InChI is InChI=1S/C16H11BrINO4S/c1-23-16(20)15-9-19(12-5-3-11(18)4-6-12)13-8-10(17)2-7-14(13)24(15,21)22/h2-9H,1H3. The zero-order valence-corrected chi connectivity index (χ0v) is 16.9. The Hall–Kier alpha value is -1.39. The summed E-state index contributed by atoms with van der Waals surface area (Å²) in [6.45, 7) is 0. The van der Waals surface area contributed by atoms with Gasteiger partial charge in [0.05, 0.1) is 17.7 Å². The van der Waals surface area contributed by atoms with Crippen LogP contribution in [0.3, 0.4) is 0 Å². The maximum atomic E-state index is 12.7. The molecule has 0 spiro atoms. The van der Waals surface area contributed by atoms with Gasteiger partial charge in [-0.1, -0.05) is 15.9 Å². The molecule has 1 aliphatic heterocycles. The molecule has 0 aliphatic carbocycles. The number of sulfone groups is 1. The number of carbonyl (C=O) groups is 1. The van der Waals surface area contributed by atoms with E-state index in [0.29, 0.717) is 5.69 Å². The van der Waals surface area contributed by atoms with Crippen LogP contribution in [0.1, 0.15) is 0 Å². The van der Waals surface area contributed by atoms with E-state index >= 15 is 0 Å². The molecule has 0 N–H and O–H groups in total. The van der Waals surface area contributed by atoms with Crippen molar-refractivity contribution >= 4 is 65.7 Å². The number of hydrogen-bond donors (Lipinski definition) is 0. The molecule has 0 bridgehead atoms. The lowest BCUT2D eigenvalue weighted by Crippen LogP contribution is -2.26. The summed E-state index contributed by atoms with van der Waals surface area (Å²) >= 11 is 5.55. The van der Waals surface area contributed by atoms with Crippen molar-refractivity contribution in [3.8, 4) is 0 Å². The van der Waals surface area contributed by atoms with Crippen LogP contribution >= 0.6 is 38.5 Å². The summed E-state index contributed by atoms with van der Waals surface area (Å²) < 4.78 is 31.9. The zero-order valence-electron chi connectivity index (χ0n) is 12.4. The van der Waals surface area contributed by atoms with E-state index < -0.39 is 20.7 Å². The lowest BCUT2D eigenvalue weighted by molar-refractivity contribution is -0.135. The normalized spacial score (nSPS) is 15.5. The van der Waals surface area contributed by atoms with Crippen LogP contribution < -0.4 is 4.90 Å². The van der Waals surface area contributed by atoms with Gasteiger partial charge in [0.1, 0.15) is 0 Å². The van der Waals surface area contributed by atoms with Gasteiger partial charge in [-0.15, -0.1) is 0 Å². The Morgan fingerprint density at radius 2 is 1.83 bits per heavy atom. The van der Waals surface area contributed by atoms with E-state index in [4.69, 9.17) is 0 Å². The number of methoxy groups -OCH3 is 1. The van der Waals surface area contributed by atoms with Gasteiger partial charge in [-0.05, 0) is 65.1 Å². The Kier molecular flexibility index (Phi) is 4.71. The highest BCUT2D eigenvalue weighted by Crippen LogP contribution is 2.41. The molecule has 0 saturated heterocycles. The van der Waals surface area contributed by atoms with Crippen LogP contribution in [0.5, 0.6) is 0 Å².